The summed E-state index contributed by atoms with van der Waals surface area (Å²) in [5, 5.41) is 3.93. The van der Waals surface area contributed by atoms with Crippen LogP contribution < -0.4 is 10.9 Å². The van der Waals surface area contributed by atoms with Crippen LogP contribution in [0.2, 0.25) is 5.02 Å². The highest BCUT2D eigenvalue weighted by atomic mass is 35.5. The van der Waals surface area contributed by atoms with Crippen LogP contribution in [0, 0.1) is 6.92 Å². The first-order chi connectivity index (χ1) is 11.5. The van der Waals surface area contributed by atoms with Gasteiger partial charge in [0.25, 0.3) is 5.56 Å². The number of carbonyl (C=O) groups is 1. The Labute approximate surface area is 146 Å². The minimum atomic E-state index is -0.304. The first kappa shape index (κ1) is 16.5. The van der Waals surface area contributed by atoms with Gasteiger partial charge in [0.1, 0.15) is 0 Å². The number of halogens is 1. The maximum atomic E-state index is 12.1. The van der Waals surface area contributed by atoms with Gasteiger partial charge in [-0.25, -0.2) is 9.97 Å². The van der Waals surface area contributed by atoms with Crippen molar-refractivity contribution >= 4 is 46.1 Å². The van der Waals surface area contributed by atoms with E-state index in [2.05, 4.69) is 20.3 Å². The van der Waals surface area contributed by atoms with Crippen LogP contribution in [0.1, 0.15) is 5.56 Å². The molecule has 7 nitrogen and oxygen atoms in total. The molecular formula is C15H14ClN5O2S. The number of carbonyl (C=O) groups excluding carboxylic acids is 1. The van der Waals surface area contributed by atoms with E-state index in [1.54, 1.807) is 23.7 Å². The topological polar surface area (TPSA) is 92.7 Å². The first-order valence-electron chi connectivity index (χ1n) is 7.04. The molecule has 0 fully saturated rings. The number of fused-ring (bicyclic) bond motifs is 1. The molecule has 3 rings (SSSR count). The largest absolute Gasteiger partial charge is 0.325 e. The third kappa shape index (κ3) is 3.29. The third-order valence-electron chi connectivity index (χ3n) is 3.43. The summed E-state index contributed by atoms with van der Waals surface area (Å²) >= 11 is 7.18. The fourth-order valence-corrected chi connectivity index (χ4v) is 3.11. The van der Waals surface area contributed by atoms with Gasteiger partial charge in [-0.3, -0.25) is 9.59 Å². The number of thioether (sulfide) groups is 1. The van der Waals surface area contributed by atoms with E-state index in [-0.39, 0.29) is 22.7 Å². The number of aromatic amines is 1. The predicted octanol–water partition coefficient (Wildman–Crippen LogP) is 2.35. The zero-order valence-corrected chi connectivity index (χ0v) is 14.5. The highest BCUT2D eigenvalue weighted by Gasteiger charge is 2.14. The van der Waals surface area contributed by atoms with Crippen LogP contribution in [0.3, 0.4) is 0 Å². The predicted molar refractivity (Wildman–Crippen MR) is 94.7 cm³/mol. The maximum Gasteiger partial charge on any atom is 0.278 e. The Kier molecular flexibility index (Phi) is 4.59. The number of amides is 1. The van der Waals surface area contributed by atoms with Gasteiger partial charge in [0, 0.05) is 17.8 Å². The molecule has 0 aliphatic heterocycles. The van der Waals surface area contributed by atoms with Crippen LogP contribution in [0.25, 0.3) is 11.2 Å². The van der Waals surface area contributed by atoms with Crippen LogP contribution in [0.5, 0.6) is 0 Å². The lowest BCUT2D eigenvalue weighted by molar-refractivity contribution is -0.113. The Morgan fingerprint density at radius 3 is 3.00 bits per heavy atom. The van der Waals surface area contributed by atoms with E-state index in [4.69, 9.17) is 11.6 Å². The molecule has 0 saturated heterocycles. The molecule has 0 radical (unpaired) electrons. The number of rotatable bonds is 4. The van der Waals surface area contributed by atoms with E-state index >= 15 is 0 Å². The zero-order valence-electron chi connectivity index (χ0n) is 13.0. The number of imidazole rings is 1. The van der Waals surface area contributed by atoms with Gasteiger partial charge < -0.3 is 14.9 Å². The molecule has 2 aromatic heterocycles. The Bertz CT molecular complexity index is 982. The monoisotopic (exact) mass is 363 g/mol. The zero-order chi connectivity index (χ0) is 17.3. The van der Waals surface area contributed by atoms with Crippen LogP contribution in [-0.4, -0.2) is 31.2 Å². The molecule has 2 heterocycles. The molecule has 0 aliphatic carbocycles. The lowest BCUT2D eigenvalue weighted by Crippen LogP contribution is -2.15. The molecule has 124 valence electrons. The summed E-state index contributed by atoms with van der Waals surface area (Å²) in [4.78, 5) is 34.7. The fourth-order valence-electron chi connectivity index (χ4n) is 2.16. The molecule has 0 atom stereocenters. The number of aromatic nitrogens is 4. The van der Waals surface area contributed by atoms with Gasteiger partial charge in [-0.05, 0) is 24.6 Å². The van der Waals surface area contributed by atoms with Gasteiger partial charge >= 0.3 is 0 Å². The molecule has 0 aliphatic rings. The standard InChI is InChI=1S/C15H14ClN5O2S/c1-8-3-4-9(16)5-10(8)19-11(22)6-24-15-20-12-13(21(15)2)17-7-18-14(12)23/h3-5,7H,6H2,1-2H3,(H,19,22)(H,17,18,23). The number of H-pyrrole nitrogens is 1. The lowest BCUT2D eigenvalue weighted by Gasteiger charge is -2.08. The van der Waals surface area contributed by atoms with Crippen molar-refractivity contribution in [2.75, 3.05) is 11.1 Å². The third-order valence-corrected chi connectivity index (χ3v) is 4.69. The number of nitrogens with zero attached hydrogens (tertiary/aromatic N) is 3. The van der Waals surface area contributed by atoms with Crippen molar-refractivity contribution in [1.29, 1.82) is 0 Å². The van der Waals surface area contributed by atoms with Crippen molar-refractivity contribution in [2.24, 2.45) is 7.05 Å². The van der Waals surface area contributed by atoms with Crippen LogP contribution in [-0.2, 0) is 11.8 Å². The molecule has 0 unspecified atom stereocenters. The van der Waals surface area contributed by atoms with Crippen LogP contribution >= 0.6 is 23.4 Å². The summed E-state index contributed by atoms with van der Waals surface area (Å²) in [7, 11) is 1.75. The molecule has 1 aromatic carbocycles. The van der Waals surface area contributed by atoms with Crippen LogP contribution in [0.15, 0.2) is 34.5 Å². The number of benzene rings is 1. The van der Waals surface area contributed by atoms with Gasteiger partial charge in [0.2, 0.25) is 5.91 Å². The van der Waals surface area contributed by atoms with E-state index in [1.807, 2.05) is 13.0 Å². The summed E-state index contributed by atoms with van der Waals surface area (Å²) in [6.45, 7) is 1.89. The van der Waals surface area contributed by atoms with Crippen molar-refractivity contribution in [2.45, 2.75) is 12.1 Å². The van der Waals surface area contributed by atoms with E-state index in [9.17, 15) is 9.59 Å². The van der Waals surface area contributed by atoms with Gasteiger partial charge in [-0.15, -0.1) is 0 Å². The molecule has 0 saturated carbocycles. The van der Waals surface area contributed by atoms with Crippen molar-refractivity contribution in [3.63, 3.8) is 0 Å². The second kappa shape index (κ2) is 6.66. The van der Waals surface area contributed by atoms with E-state index in [0.717, 1.165) is 5.56 Å². The number of anilines is 1. The normalized spacial score (nSPS) is 11.0. The molecule has 0 bridgehead atoms. The maximum absolute atomic E-state index is 12.1. The van der Waals surface area contributed by atoms with Crippen molar-refractivity contribution in [1.82, 2.24) is 19.5 Å². The molecule has 24 heavy (non-hydrogen) atoms. The highest BCUT2D eigenvalue weighted by Crippen LogP contribution is 2.22. The number of hydrogen-bond acceptors (Lipinski definition) is 5. The summed E-state index contributed by atoms with van der Waals surface area (Å²) < 4.78 is 1.69. The van der Waals surface area contributed by atoms with Gasteiger partial charge in [-0.2, -0.15) is 0 Å². The molecule has 9 heteroatoms. The summed E-state index contributed by atoms with van der Waals surface area (Å²) in [5.74, 6) is -0.0274. The summed E-state index contributed by atoms with van der Waals surface area (Å²) in [6.07, 6.45) is 1.33. The second-order valence-corrected chi connectivity index (χ2v) is 6.53. The second-order valence-electron chi connectivity index (χ2n) is 5.15. The average molecular weight is 364 g/mol. The number of aryl methyl sites for hydroxylation is 2. The van der Waals surface area contributed by atoms with Crippen molar-refractivity contribution in [3.05, 3.63) is 45.5 Å². The summed E-state index contributed by atoms with van der Waals surface area (Å²) in [6, 6.07) is 5.32. The first-order valence-corrected chi connectivity index (χ1v) is 8.41. The quantitative estimate of drug-likeness (QED) is 0.694. The van der Waals surface area contributed by atoms with Gasteiger partial charge in [0.15, 0.2) is 16.3 Å². The van der Waals surface area contributed by atoms with Gasteiger partial charge in [0.05, 0.1) is 12.1 Å². The lowest BCUT2D eigenvalue weighted by atomic mass is 10.2. The Hall–Kier alpha value is -2.32. The van der Waals surface area contributed by atoms with Crippen molar-refractivity contribution in [3.8, 4) is 0 Å². The van der Waals surface area contributed by atoms with Crippen molar-refractivity contribution < 1.29 is 4.79 Å². The van der Waals surface area contributed by atoms with E-state index in [0.29, 0.717) is 21.5 Å². The minimum Gasteiger partial charge on any atom is -0.325 e. The molecule has 0 spiro atoms. The van der Waals surface area contributed by atoms with Crippen LogP contribution in [0.4, 0.5) is 5.69 Å². The molecular weight excluding hydrogens is 350 g/mol. The smallest absolute Gasteiger partial charge is 0.278 e. The molecule has 2 N–H and O–H groups in total. The van der Waals surface area contributed by atoms with E-state index < -0.39 is 0 Å². The van der Waals surface area contributed by atoms with Gasteiger partial charge in [-0.1, -0.05) is 29.4 Å². The molecule has 1 amide bonds. The minimum absolute atomic E-state index is 0.154. The summed E-state index contributed by atoms with van der Waals surface area (Å²) in [5.41, 5.74) is 2.04. The Morgan fingerprint density at radius 2 is 2.25 bits per heavy atom. The average Bonchev–Trinajstić information content (AvgIpc) is 2.87. The highest BCUT2D eigenvalue weighted by molar-refractivity contribution is 7.99. The van der Waals surface area contributed by atoms with E-state index in [1.165, 1.54) is 18.1 Å². The molecule has 3 aromatic rings. The number of nitrogens with one attached hydrogen (secondary N) is 2. The fraction of sp³-hybridized carbons (Fsp3) is 0.200. The number of hydrogen-bond donors (Lipinski definition) is 2. The Morgan fingerprint density at radius 1 is 1.46 bits per heavy atom. The SMILES string of the molecule is Cc1ccc(Cl)cc1NC(=O)CSc1nc2c(=O)[nH]cnc2n1C. The Balaban J connectivity index is 1.73.